The molecule has 0 unspecified atom stereocenters. The molecule has 6 nitrogen and oxygen atoms in total. The topological polar surface area (TPSA) is 107 Å². The molecule has 0 spiro atoms. The lowest BCUT2D eigenvalue weighted by Crippen LogP contribution is -2.58. The molecule has 0 saturated carbocycles. The number of hydrogen-bond acceptors (Lipinski definition) is 6. The van der Waals surface area contributed by atoms with Crippen LogP contribution in [-0.2, 0) is 11.2 Å². The van der Waals surface area contributed by atoms with E-state index in [4.69, 9.17) is 9.84 Å². The quantitative estimate of drug-likeness (QED) is 0.555. The maximum absolute atomic E-state index is 11.2. The van der Waals surface area contributed by atoms with E-state index < -0.39 is 37.1 Å². The Bertz CT molecular complexity index is 498. The molecule has 22 heavy (non-hydrogen) atoms. The zero-order chi connectivity index (χ0) is 16.3. The second-order valence-electron chi connectivity index (χ2n) is 5.66. The minimum Gasteiger partial charge on any atom is -0.394 e. The first-order valence-electron chi connectivity index (χ1n) is 7.34. The Labute approximate surface area is 129 Å². The molecule has 122 valence electrons. The van der Waals surface area contributed by atoms with E-state index in [2.05, 4.69) is 0 Å². The number of aliphatic hydroxyl groups is 4. The lowest BCUT2D eigenvalue weighted by atomic mass is 9.92. The largest absolute Gasteiger partial charge is 0.394 e. The normalized spacial score (nSPS) is 32.0. The third-order valence-corrected chi connectivity index (χ3v) is 4.07. The Balaban J connectivity index is 1.96. The summed E-state index contributed by atoms with van der Waals surface area (Å²) in [5.41, 5.74) is 1.61. The summed E-state index contributed by atoms with van der Waals surface area (Å²) < 4.78 is 5.45. The van der Waals surface area contributed by atoms with E-state index in [1.807, 2.05) is 12.1 Å². The van der Waals surface area contributed by atoms with E-state index in [0.29, 0.717) is 18.4 Å². The Hall–Kier alpha value is -1.31. The molecule has 0 amide bonds. The molecular formula is C16H22O6. The molecule has 1 aromatic rings. The Morgan fingerprint density at radius 1 is 1.05 bits per heavy atom. The highest BCUT2D eigenvalue weighted by Crippen LogP contribution is 2.24. The zero-order valence-corrected chi connectivity index (χ0v) is 12.4. The van der Waals surface area contributed by atoms with Gasteiger partial charge in [0.1, 0.15) is 24.4 Å². The number of carbonyl (C=O) groups is 1. The number of Topliss-reactive ketones (excluding diaryl/α,β-unsaturated/α-hetero) is 1. The lowest BCUT2D eigenvalue weighted by Gasteiger charge is -2.40. The van der Waals surface area contributed by atoms with Crippen molar-refractivity contribution in [3.05, 3.63) is 35.4 Å². The Morgan fingerprint density at radius 2 is 1.64 bits per heavy atom. The van der Waals surface area contributed by atoms with E-state index in [-0.39, 0.29) is 5.78 Å². The molecule has 1 saturated heterocycles. The molecule has 1 aliphatic heterocycles. The van der Waals surface area contributed by atoms with Gasteiger partial charge in [0.25, 0.3) is 0 Å². The van der Waals surface area contributed by atoms with Gasteiger partial charge in [-0.05, 0) is 25.3 Å². The summed E-state index contributed by atoms with van der Waals surface area (Å²) in [5, 5.41) is 38.5. The van der Waals surface area contributed by atoms with Gasteiger partial charge in [0.2, 0.25) is 0 Å². The van der Waals surface area contributed by atoms with Gasteiger partial charge in [0.15, 0.2) is 5.78 Å². The van der Waals surface area contributed by atoms with Crippen molar-refractivity contribution in [2.75, 3.05) is 6.61 Å². The van der Waals surface area contributed by atoms with Crippen molar-refractivity contribution < 1.29 is 30.0 Å². The van der Waals surface area contributed by atoms with E-state index in [9.17, 15) is 20.1 Å². The van der Waals surface area contributed by atoms with Crippen molar-refractivity contribution in [2.45, 2.75) is 50.3 Å². The summed E-state index contributed by atoms with van der Waals surface area (Å²) in [5.74, 6) is 0.000448. The third-order valence-electron chi connectivity index (χ3n) is 4.07. The van der Waals surface area contributed by atoms with Gasteiger partial charge >= 0.3 is 0 Å². The third kappa shape index (κ3) is 3.71. The maximum atomic E-state index is 11.2. The second-order valence-corrected chi connectivity index (χ2v) is 5.66. The minimum absolute atomic E-state index is 0.000448. The highest BCUT2D eigenvalue weighted by Gasteiger charge is 2.42. The van der Waals surface area contributed by atoms with Crippen molar-refractivity contribution in [3.63, 3.8) is 0 Å². The average Bonchev–Trinajstić information content (AvgIpc) is 2.52. The first kappa shape index (κ1) is 17.1. The van der Waals surface area contributed by atoms with Gasteiger partial charge in [0, 0.05) is 5.56 Å². The summed E-state index contributed by atoms with van der Waals surface area (Å²) in [6.45, 7) is 1.08. The van der Waals surface area contributed by atoms with Gasteiger partial charge in [-0.15, -0.1) is 0 Å². The van der Waals surface area contributed by atoms with E-state index in [1.54, 1.807) is 12.1 Å². The van der Waals surface area contributed by atoms with Crippen LogP contribution in [0.25, 0.3) is 0 Å². The number of rotatable bonds is 5. The van der Waals surface area contributed by atoms with Gasteiger partial charge in [-0.25, -0.2) is 0 Å². The van der Waals surface area contributed by atoms with Crippen molar-refractivity contribution in [1.82, 2.24) is 0 Å². The van der Waals surface area contributed by atoms with Crippen molar-refractivity contribution in [3.8, 4) is 0 Å². The van der Waals surface area contributed by atoms with Crippen LogP contribution < -0.4 is 0 Å². The van der Waals surface area contributed by atoms with E-state index >= 15 is 0 Å². The minimum atomic E-state index is -1.34. The van der Waals surface area contributed by atoms with E-state index in [1.165, 1.54) is 6.92 Å². The fraction of sp³-hybridized carbons (Fsp3) is 0.562. The highest BCUT2D eigenvalue weighted by atomic mass is 16.5. The fourth-order valence-electron chi connectivity index (χ4n) is 2.63. The van der Waals surface area contributed by atoms with Gasteiger partial charge in [0.05, 0.1) is 12.7 Å². The Kier molecular flexibility index (Phi) is 5.66. The fourth-order valence-corrected chi connectivity index (χ4v) is 2.63. The monoisotopic (exact) mass is 310 g/mol. The maximum Gasteiger partial charge on any atom is 0.159 e. The van der Waals surface area contributed by atoms with Crippen LogP contribution in [0.1, 0.15) is 29.3 Å². The molecule has 1 fully saturated rings. The molecule has 0 aliphatic carbocycles. The number of aryl methyl sites for hydroxylation is 1. The second kappa shape index (κ2) is 7.30. The van der Waals surface area contributed by atoms with Crippen molar-refractivity contribution >= 4 is 5.78 Å². The van der Waals surface area contributed by atoms with Gasteiger partial charge in [-0.3, -0.25) is 4.79 Å². The summed E-state index contributed by atoms with van der Waals surface area (Å²) in [7, 11) is 0. The first-order chi connectivity index (χ1) is 10.4. The van der Waals surface area contributed by atoms with Crippen LogP contribution in [0, 0.1) is 0 Å². The SMILES string of the molecule is CC(=O)c1ccc(CC[C@@H]2O[C@H](CO)[C@@H](O)[C@H](O)[C@H]2O)cc1. The Morgan fingerprint density at radius 3 is 2.18 bits per heavy atom. The smallest absolute Gasteiger partial charge is 0.159 e. The molecule has 0 aromatic heterocycles. The molecule has 6 heteroatoms. The molecule has 1 aliphatic rings. The number of carbonyl (C=O) groups excluding carboxylic acids is 1. The summed E-state index contributed by atoms with van der Waals surface area (Å²) in [6.07, 6.45) is -4.38. The molecule has 0 radical (unpaired) electrons. The summed E-state index contributed by atoms with van der Waals surface area (Å²) in [6, 6.07) is 7.15. The van der Waals surface area contributed by atoms with Crippen LogP contribution in [0.3, 0.4) is 0 Å². The number of ether oxygens (including phenoxy) is 1. The number of ketones is 1. The molecule has 4 N–H and O–H groups in total. The van der Waals surface area contributed by atoms with Crippen LogP contribution in [-0.4, -0.2) is 63.3 Å². The molecule has 5 atom stereocenters. The molecule has 2 rings (SSSR count). The molecular weight excluding hydrogens is 288 g/mol. The van der Waals surface area contributed by atoms with Gasteiger partial charge in [-0.2, -0.15) is 0 Å². The van der Waals surface area contributed by atoms with Gasteiger partial charge in [-0.1, -0.05) is 24.3 Å². The zero-order valence-electron chi connectivity index (χ0n) is 12.4. The summed E-state index contributed by atoms with van der Waals surface area (Å²) >= 11 is 0. The lowest BCUT2D eigenvalue weighted by molar-refractivity contribution is -0.230. The number of aliphatic hydroxyl groups excluding tert-OH is 4. The van der Waals surface area contributed by atoms with Crippen LogP contribution in [0.4, 0.5) is 0 Å². The summed E-state index contributed by atoms with van der Waals surface area (Å²) in [4.78, 5) is 11.2. The first-order valence-corrected chi connectivity index (χ1v) is 7.34. The number of hydrogen-bond donors (Lipinski definition) is 4. The van der Waals surface area contributed by atoms with Crippen LogP contribution in [0.5, 0.6) is 0 Å². The molecule has 1 heterocycles. The number of benzene rings is 1. The predicted molar refractivity (Wildman–Crippen MR) is 78.5 cm³/mol. The van der Waals surface area contributed by atoms with Crippen molar-refractivity contribution in [2.24, 2.45) is 0 Å². The van der Waals surface area contributed by atoms with Crippen LogP contribution in [0.15, 0.2) is 24.3 Å². The van der Waals surface area contributed by atoms with Crippen LogP contribution in [0.2, 0.25) is 0 Å². The van der Waals surface area contributed by atoms with Crippen molar-refractivity contribution in [1.29, 1.82) is 0 Å². The highest BCUT2D eigenvalue weighted by molar-refractivity contribution is 5.93. The van der Waals surface area contributed by atoms with Gasteiger partial charge < -0.3 is 25.2 Å². The van der Waals surface area contributed by atoms with Crippen LogP contribution >= 0.6 is 0 Å². The average molecular weight is 310 g/mol. The standard InChI is InChI=1S/C16H22O6/c1-9(18)11-5-2-10(3-6-11)4-7-12-14(19)16(21)15(20)13(8-17)22-12/h2-3,5-6,12-17,19-21H,4,7-8H2,1H3/t12-,13+,14-,15+,16+/m0/s1. The predicted octanol–water partition coefficient (Wildman–Crippen LogP) is -0.336. The van der Waals surface area contributed by atoms with E-state index in [0.717, 1.165) is 5.56 Å². The molecule has 1 aromatic carbocycles. The molecule has 0 bridgehead atoms.